The monoisotopic (exact) mass is 763 g/mol. The number of para-hydroxylation sites is 1. The van der Waals surface area contributed by atoms with Gasteiger partial charge in [0.05, 0.1) is 37.1 Å². The van der Waals surface area contributed by atoms with Crippen LogP contribution in [-0.4, -0.2) is 82.0 Å². The van der Waals surface area contributed by atoms with Crippen molar-refractivity contribution in [3.8, 4) is 0 Å². The van der Waals surface area contributed by atoms with Crippen LogP contribution in [0.3, 0.4) is 0 Å². The van der Waals surface area contributed by atoms with E-state index < -0.39 is 53.6 Å². The third-order valence-corrected chi connectivity index (χ3v) is 11.2. The Morgan fingerprint density at radius 3 is 2.41 bits per heavy atom. The fourth-order valence-electron chi connectivity index (χ4n) is 8.27. The molecule has 3 aliphatic rings. The predicted molar refractivity (Wildman–Crippen MR) is 199 cm³/mol. The molecule has 1 spiro atoms. The minimum Gasteiger partial charge on any atom is -0.455 e. The number of anilines is 1. The second-order valence-corrected chi connectivity index (χ2v) is 15.5. The Hall–Kier alpha value is -3.80. The van der Waals surface area contributed by atoms with Crippen LogP contribution in [0, 0.1) is 31.6 Å². The topological polar surface area (TPSA) is 125 Å². The fraction of sp³-hybridized carbons (Fsp3) is 0.500. The molecular weight excluding hydrogens is 714 g/mol. The lowest BCUT2D eigenvalue weighted by atomic mass is 9.70. The van der Waals surface area contributed by atoms with Crippen molar-refractivity contribution in [3.05, 3.63) is 90.5 Å². The Balaban J connectivity index is 1.55. The van der Waals surface area contributed by atoms with Gasteiger partial charge in [0.1, 0.15) is 17.7 Å². The molecule has 0 saturated carbocycles. The lowest BCUT2D eigenvalue weighted by Gasteiger charge is -2.40. The largest absolute Gasteiger partial charge is 0.455 e. The molecule has 3 amide bonds. The van der Waals surface area contributed by atoms with Gasteiger partial charge in [-0.3, -0.25) is 19.2 Å². The maximum atomic E-state index is 15.1. The van der Waals surface area contributed by atoms with E-state index in [4.69, 9.17) is 9.47 Å². The number of carbonyl (C=O) groups excluding carboxylic acids is 4. The molecule has 0 aliphatic carbocycles. The molecule has 8 atom stereocenters. The summed E-state index contributed by atoms with van der Waals surface area (Å²) in [7, 11) is 0. The molecule has 10 nitrogen and oxygen atoms in total. The van der Waals surface area contributed by atoms with Crippen molar-refractivity contribution in [3.63, 3.8) is 0 Å². The molecule has 3 fully saturated rings. The second-order valence-electron chi connectivity index (χ2n) is 14.3. The van der Waals surface area contributed by atoms with Crippen LogP contribution in [0.15, 0.2) is 73.8 Å². The number of carbonyl (C=O) groups is 4. The molecule has 1 unspecified atom stereocenters. The van der Waals surface area contributed by atoms with Gasteiger partial charge >= 0.3 is 5.97 Å². The van der Waals surface area contributed by atoms with E-state index in [0.717, 1.165) is 16.8 Å². The number of fused-ring (bicyclic) bond motifs is 1. The first kappa shape index (κ1) is 38.4. The van der Waals surface area contributed by atoms with E-state index in [1.165, 1.54) is 4.90 Å². The SMILES string of the molecule is C=CCCC(=O)NC[C@@H](OC(=O)[C@H]1[C@@H]2O[C@@]3(CC2Br)[C@@H]1C(=O)N([C@@H](CO)CC(C)C)[C@@H]3C(=O)N(CC=C)c1c(C)cccc1C)c1ccccc1. The van der Waals surface area contributed by atoms with Crippen LogP contribution in [0.2, 0.25) is 0 Å². The number of aliphatic hydroxyl groups excluding tert-OH is 1. The van der Waals surface area contributed by atoms with Gasteiger partial charge in [0.2, 0.25) is 11.8 Å². The summed E-state index contributed by atoms with van der Waals surface area (Å²) in [5.41, 5.74) is 1.81. The molecule has 2 N–H and O–H groups in total. The van der Waals surface area contributed by atoms with Gasteiger partial charge in [0.15, 0.2) is 0 Å². The normalized spacial score (nSPS) is 26.1. The zero-order valence-corrected chi connectivity index (χ0v) is 31.5. The van der Waals surface area contributed by atoms with Gasteiger partial charge in [-0.15, -0.1) is 13.2 Å². The Kier molecular flexibility index (Phi) is 12.2. The highest BCUT2D eigenvalue weighted by molar-refractivity contribution is 9.09. The number of hydrogen-bond donors (Lipinski definition) is 2. The minimum atomic E-state index is -1.36. The Morgan fingerprint density at radius 2 is 1.80 bits per heavy atom. The van der Waals surface area contributed by atoms with Crippen LogP contribution in [0.4, 0.5) is 5.69 Å². The highest BCUT2D eigenvalue weighted by atomic mass is 79.9. The van der Waals surface area contributed by atoms with E-state index in [0.29, 0.717) is 24.8 Å². The van der Waals surface area contributed by atoms with Crippen molar-refractivity contribution in [2.24, 2.45) is 17.8 Å². The summed E-state index contributed by atoms with van der Waals surface area (Å²) in [4.78, 5) is 59.8. The van der Waals surface area contributed by atoms with E-state index in [9.17, 15) is 19.5 Å². The van der Waals surface area contributed by atoms with E-state index in [1.807, 2.05) is 76.2 Å². The molecule has 0 radical (unpaired) electrons. The van der Waals surface area contributed by atoms with E-state index in [2.05, 4.69) is 34.4 Å². The number of aryl methyl sites for hydroxylation is 2. The number of hydrogen-bond acceptors (Lipinski definition) is 7. The second kappa shape index (κ2) is 16.3. The van der Waals surface area contributed by atoms with Gasteiger partial charge < -0.3 is 29.7 Å². The summed E-state index contributed by atoms with van der Waals surface area (Å²) in [6, 6.07) is 13.1. The number of aliphatic hydroxyl groups is 1. The zero-order chi connectivity index (χ0) is 37.0. The highest BCUT2D eigenvalue weighted by Gasteiger charge is 2.77. The third kappa shape index (κ3) is 7.43. The Bertz CT molecular complexity index is 1610. The van der Waals surface area contributed by atoms with Crippen molar-refractivity contribution < 1.29 is 33.8 Å². The molecule has 3 heterocycles. The number of likely N-dealkylation sites (tertiary alicyclic amines) is 1. The van der Waals surface area contributed by atoms with Gasteiger partial charge in [0, 0.05) is 23.5 Å². The quantitative estimate of drug-likeness (QED) is 0.134. The van der Waals surface area contributed by atoms with Crippen LogP contribution < -0.4 is 10.2 Å². The zero-order valence-electron chi connectivity index (χ0n) is 29.9. The summed E-state index contributed by atoms with van der Waals surface area (Å²) >= 11 is 3.75. The lowest BCUT2D eigenvalue weighted by molar-refractivity contribution is -0.161. The smallest absolute Gasteiger partial charge is 0.313 e. The first-order valence-corrected chi connectivity index (χ1v) is 18.7. The average molecular weight is 765 g/mol. The standard InChI is InChI=1S/C40H50BrN3O7/c1-7-9-18-31(46)42-22-30(27-16-11-10-12-17-27)50-39(49)32-33-37(47)44(28(23-45)20-24(3)4)36(40(33)21-29(41)35(32)51-40)38(48)43(19-8-2)34-25(5)14-13-15-26(34)6/h7-8,10-17,24,28-30,32-33,35-36,45H,1-2,9,18-23H2,3-6H3,(H,42,46)/t28-,29?,30-,32-,33+,35-,36-,40+/m1/s1. The molecule has 51 heavy (non-hydrogen) atoms. The molecule has 2 aromatic rings. The van der Waals surface area contributed by atoms with Crippen LogP contribution in [0.5, 0.6) is 0 Å². The minimum absolute atomic E-state index is 0.0337. The summed E-state index contributed by atoms with van der Waals surface area (Å²) in [6.45, 7) is 15.3. The summed E-state index contributed by atoms with van der Waals surface area (Å²) in [5, 5.41) is 13.6. The first-order valence-electron chi connectivity index (χ1n) is 17.8. The highest BCUT2D eigenvalue weighted by Crippen LogP contribution is 2.61. The number of halogens is 1. The first-order chi connectivity index (χ1) is 24.4. The van der Waals surface area contributed by atoms with E-state index >= 15 is 4.79 Å². The molecule has 2 aromatic carbocycles. The summed E-state index contributed by atoms with van der Waals surface area (Å²) in [5.74, 6) is -3.58. The fourth-order valence-corrected chi connectivity index (χ4v) is 9.21. The van der Waals surface area contributed by atoms with Crippen LogP contribution in [0.1, 0.15) is 62.3 Å². The number of allylic oxidation sites excluding steroid dienone is 1. The van der Waals surface area contributed by atoms with Gasteiger partial charge in [0.25, 0.3) is 5.91 Å². The number of esters is 1. The van der Waals surface area contributed by atoms with Gasteiger partial charge in [-0.05, 0) is 55.7 Å². The molecule has 2 bridgehead atoms. The number of ether oxygens (including phenoxy) is 2. The van der Waals surface area contributed by atoms with E-state index in [1.54, 1.807) is 17.1 Å². The number of nitrogens with zero attached hydrogens (tertiary/aromatic N) is 2. The van der Waals surface area contributed by atoms with E-state index in [-0.39, 0.29) is 48.7 Å². The van der Waals surface area contributed by atoms with Gasteiger partial charge in [-0.2, -0.15) is 0 Å². The van der Waals surface area contributed by atoms with Crippen molar-refractivity contribution in [1.82, 2.24) is 10.2 Å². The number of rotatable bonds is 16. The van der Waals surface area contributed by atoms with Crippen molar-refractivity contribution in [2.75, 3.05) is 24.6 Å². The molecular formula is C40H50BrN3O7. The number of amides is 3. The molecule has 5 rings (SSSR count). The molecule has 3 aliphatic heterocycles. The van der Waals surface area contributed by atoms with Crippen molar-refractivity contribution >= 4 is 45.3 Å². The molecule has 0 aromatic heterocycles. The molecule has 3 saturated heterocycles. The van der Waals surface area contributed by atoms with Crippen LogP contribution in [-0.2, 0) is 28.7 Å². The van der Waals surface area contributed by atoms with Gasteiger partial charge in [-0.1, -0.05) is 90.5 Å². The summed E-state index contributed by atoms with van der Waals surface area (Å²) in [6.07, 6.45) is 3.25. The number of benzene rings is 2. The van der Waals surface area contributed by atoms with Crippen LogP contribution in [0.25, 0.3) is 0 Å². The van der Waals surface area contributed by atoms with Crippen LogP contribution >= 0.6 is 15.9 Å². The average Bonchev–Trinajstić information content (AvgIpc) is 3.70. The number of nitrogens with one attached hydrogen (secondary N) is 1. The number of alkyl halides is 1. The third-order valence-electron chi connectivity index (χ3n) is 10.4. The maximum Gasteiger partial charge on any atom is 0.313 e. The Labute approximate surface area is 309 Å². The van der Waals surface area contributed by atoms with Crippen molar-refractivity contribution in [2.45, 2.75) is 88.1 Å². The Morgan fingerprint density at radius 1 is 1.12 bits per heavy atom. The summed E-state index contributed by atoms with van der Waals surface area (Å²) < 4.78 is 13.0. The van der Waals surface area contributed by atoms with Gasteiger partial charge in [-0.25, -0.2) is 0 Å². The molecule has 274 valence electrons. The molecule has 11 heteroatoms. The van der Waals surface area contributed by atoms with Crippen molar-refractivity contribution in [1.29, 1.82) is 0 Å². The lowest BCUT2D eigenvalue weighted by Crippen LogP contribution is -2.59. The predicted octanol–water partition coefficient (Wildman–Crippen LogP) is 5.34. The maximum absolute atomic E-state index is 15.1.